The summed E-state index contributed by atoms with van der Waals surface area (Å²) in [4.78, 5) is 13.6. The van der Waals surface area contributed by atoms with E-state index in [-0.39, 0.29) is 31.3 Å². The van der Waals surface area contributed by atoms with E-state index in [2.05, 4.69) is 5.32 Å². The molecule has 1 N–H and O–H groups in total. The van der Waals surface area contributed by atoms with E-state index in [1.807, 2.05) is 0 Å². The van der Waals surface area contributed by atoms with E-state index in [4.69, 9.17) is 4.74 Å². The van der Waals surface area contributed by atoms with E-state index >= 15 is 0 Å². The first-order valence-electron chi connectivity index (χ1n) is 9.46. The van der Waals surface area contributed by atoms with Gasteiger partial charge in [-0.3, -0.25) is 4.79 Å². The highest BCUT2D eigenvalue weighted by Crippen LogP contribution is 2.32. The molecule has 1 unspecified atom stereocenters. The Bertz CT molecular complexity index is 818. The molecule has 0 spiro atoms. The molecule has 0 saturated carbocycles. The van der Waals surface area contributed by atoms with Crippen LogP contribution in [0.5, 0.6) is 0 Å². The highest BCUT2D eigenvalue weighted by molar-refractivity contribution is 7.89. The minimum atomic E-state index is -4.42. The van der Waals surface area contributed by atoms with Gasteiger partial charge in [0, 0.05) is 45.0 Å². The number of hydrogen-bond acceptors (Lipinski definition) is 5. The molecule has 29 heavy (non-hydrogen) atoms. The molecule has 2 saturated heterocycles. The topological polar surface area (TPSA) is 79.0 Å². The number of nitrogens with one attached hydrogen (secondary N) is 1. The first kappa shape index (κ1) is 21.8. The van der Waals surface area contributed by atoms with Gasteiger partial charge in [-0.05, 0) is 31.0 Å². The number of piperazine rings is 1. The lowest BCUT2D eigenvalue weighted by atomic mass is 10.1. The van der Waals surface area contributed by atoms with Crippen molar-refractivity contribution >= 4 is 21.6 Å². The molecule has 0 aliphatic carbocycles. The zero-order valence-electron chi connectivity index (χ0n) is 15.8. The van der Waals surface area contributed by atoms with Gasteiger partial charge in [0.1, 0.15) is 6.10 Å². The van der Waals surface area contributed by atoms with Gasteiger partial charge in [0.2, 0.25) is 15.9 Å². The number of nitrogens with zero attached hydrogens (tertiary/aromatic N) is 2. The van der Waals surface area contributed by atoms with Crippen molar-refractivity contribution in [3.63, 3.8) is 0 Å². The zero-order chi connectivity index (χ0) is 21.1. The molecular formula is C18H24F3N3O4S. The van der Waals surface area contributed by atoms with Gasteiger partial charge in [0.25, 0.3) is 0 Å². The Hall–Kier alpha value is -1.85. The standard InChI is InChI=1S/C18H24F3N3O4S/c19-18(20,21)14-3-1-4-15(13-14)23-7-9-24(10-8-23)29(26,27)12-6-22-17(25)16-5-2-11-28-16/h1,3-4,13,16H,2,5-12H2,(H,22,25). The van der Waals surface area contributed by atoms with Crippen molar-refractivity contribution < 1.29 is 31.1 Å². The second-order valence-electron chi connectivity index (χ2n) is 7.04. The Morgan fingerprint density at radius 2 is 1.93 bits per heavy atom. The predicted octanol–water partition coefficient (Wildman–Crippen LogP) is 1.45. The largest absolute Gasteiger partial charge is 0.416 e. The molecule has 11 heteroatoms. The van der Waals surface area contributed by atoms with Gasteiger partial charge in [0.05, 0.1) is 11.3 Å². The third-order valence-electron chi connectivity index (χ3n) is 5.05. The summed E-state index contributed by atoms with van der Waals surface area (Å²) in [5, 5.41) is 2.59. The maximum atomic E-state index is 12.9. The fourth-order valence-corrected chi connectivity index (χ4v) is 4.77. The Labute approximate surface area is 167 Å². The molecule has 0 bridgehead atoms. The molecule has 1 amide bonds. The van der Waals surface area contributed by atoms with E-state index in [0.29, 0.717) is 31.8 Å². The number of anilines is 1. The molecular weight excluding hydrogens is 411 g/mol. The smallest absolute Gasteiger partial charge is 0.369 e. The van der Waals surface area contributed by atoms with E-state index in [0.717, 1.165) is 18.6 Å². The summed E-state index contributed by atoms with van der Waals surface area (Å²) in [6, 6.07) is 5.01. The predicted molar refractivity (Wildman–Crippen MR) is 101 cm³/mol. The fourth-order valence-electron chi connectivity index (χ4n) is 3.43. The average molecular weight is 435 g/mol. The van der Waals surface area contributed by atoms with Gasteiger partial charge in [0.15, 0.2) is 0 Å². The third-order valence-corrected chi connectivity index (χ3v) is 6.92. The number of benzene rings is 1. The quantitative estimate of drug-likeness (QED) is 0.732. The van der Waals surface area contributed by atoms with Crippen molar-refractivity contribution in [3.05, 3.63) is 29.8 Å². The van der Waals surface area contributed by atoms with Crippen LogP contribution in [0.25, 0.3) is 0 Å². The highest BCUT2D eigenvalue weighted by Gasteiger charge is 2.32. The summed E-state index contributed by atoms with van der Waals surface area (Å²) in [5.41, 5.74) is -0.312. The number of hydrogen-bond donors (Lipinski definition) is 1. The van der Waals surface area contributed by atoms with Crippen LogP contribution in [0.1, 0.15) is 18.4 Å². The number of halogens is 3. The van der Waals surface area contributed by atoms with Gasteiger partial charge < -0.3 is 15.0 Å². The molecule has 2 aliphatic heterocycles. The summed E-state index contributed by atoms with van der Waals surface area (Å²) in [5.74, 6) is -0.526. The zero-order valence-corrected chi connectivity index (χ0v) is 16.6. The van der Waals surface area contributed by atoms with Gasteiger partial charge in [-0.15, -0.1) is 0 Å². The van der Waals surface area contributed by atoms with Crippen LogP contribution in [-0.4, -0.2) is 69.8 Å². The Kier molecular flexibility index (Phi) is 6.69. The molecule has 1 atom stereocenters. The van der Waals surface area contributed by atoms with Crippen LogP contribution in [0.2, 0.25) is 0 Å². The number of rotatable bonds is 6. The number of ether oxygens (including phenoxy) is 1. The van der Waals surface area contributed by atoms with Gasteiger partial charge in [-0.25, -0.2) is 8.42 Å². The van der Waals surface area contributed by atoms with Crippen LogP contribution in [0.15, 0.2) is 24.3 Å². The van der Waals surface area contributed by atoms with Crippen LogP contribution in [-0.2, 0) is 25.7 Å². The van der Waals surface area contributed by atoms with Crippen LogP contribution in [0.4, 0.5) is 18.9 Å². The lowest BCUT2D eigenvalue weighted by Crippen LogP contribution is -2.50. The van der Waals surface area contributed by atoms with Crippen LogP contribution < -0.4 is 10.2 Å². The average Bonchev–Trinajstić information content (AvgIpc) is 3.22. The van der Waals surface area contributed by atoms with Crippen LogP contribution in [0.3, 0.4) is 0 Å². The van der Waals surface area contributed by atoms with Crippen molar-refractivity contribution in [2.24, 2.45) is 0 Å². The molecule has 3 rings (SSSR count). The van der Waals surface area contributed by atoms with Gasteiger partial charge in [-0.1, -0.05) is 6.07 Å². The molecule has 0 radical (unpaired) electrons. The first-order valence-corrected chi connectivity index (χ1v) is 11.1. The maximum absolute atomic E-state index is 12.9. The number of sulfonamides is 1. The van der Waals surface area contributed by atoms with Crippen molar-refractivity contribution in [2.75, 3.05) is 50.0 Å². The lowest BCUT2D eigenvalue weighted by molar-refractivity contribution is -0.137. The maximum Gasteiger partial charge on any atom is 0.416 e. The van der Waals surface area contributed by atoms with Crippen molar-refractivity contribution in [1.82, 2.24) is 9.62 Å². The second-order valence-corrected chi connectivity index (χ2v) is 9.13. The summed E-state index contributed by atoms with van der Waals surface area (Å²) in [7, 11) is -3.57. The Balaban J connectivity index is 1.49. The minimum Gasteiger partial charge on any atom is -0.369 e. The summed E-state index contributed by atoms with van der Waals surface area (Å²) >= 11 is 0. The Morgan fingerprint density at radius 3 is 2.55 bits per heavy atom. The monoisotopic (exact) mass is 435 g/mol. The van der Waals surface area contributed by atoms with E-state index in [9.17, 15) is 26.4 Å². The van der Waals surface area contributed by atoms with E-state index in [1.165, 1.54) is 10.4 Å². The van der Waals surface area contributed by atoms with Crippen LogP contribution in [0, 0.1) is 0 Å². The molecule has 0 aromatic heterocycles. The molecule has 1 aromatic carbocycles. The highest BCUT2D eigenvalue weighted by atomic mass is 32.2. The number of amides is 1. The summed E-state index contributed by atoms with van der Waals surface area (Å²) in [6.45, 7) is 1.48. The number of alkyl halides is 3. The molecule has 1 aromatic rings. The second kappa shape index (κ2) is 8.88. The van der Waals surface area contributed by atoms with Crippen LogP contribution >= 0.6 is 0 Å². The van der Waals surface area contributed by atoms with Gasteiger partial charge >= 0.3 is 6.18 Å². The van der Waals surface area contributed by atoms with E-state index in [1.54, 1.807) is 11.0 Å². The fraction of sp³-hybridized carbons (Fsp3) is 0.611. The van der Waals surface area contributed by atoms with Crippen molar-refractivity contribution in [1.29, 1.82) is 0 Å². The van der Waals surface area contributed by atoms with Gasteiger partial charge in [-0.2, -0.15) is 17.5 Å². The van der Waals surface area contributed by atoms with E-state index < -0.39 is 27.9 Å². The first-order chi connectivity index (χ1) is 13.7. The normalized spacial score (nSPS) is 21.3. The molecule has 2 fully saturated rings. The third kappa shape index (κ3) is 5.61. The minimum absolute atomic E-state index is 0.00509. The Morgan fingerprint density at radius 1 is 1.21 bits per heavy atom. The summed E-state index contributed by atoms with van der Waals surface area (Å²) in [6.07, 6.45) is -3.48. The summed E-state index contributed by atoms with van der Waals surface area (Å²) < 4.78 is 70.2. The lowest BCUT2D eigenvalue weighted by Gasteiger charge is -2.35. The molecule has 2 heterocycles. The van der Waals surface area contributed by atoms with Crippen molar-refractivity contribution in [3.8, 4) is 0 Å². The molecule has 162 valence electrons. The molecule has 2 aliphatic rings. The SMILES string of the molecule is O=C(NCCS(=O)(=O)N1CCN(c2cccc(C(F)(F)F)c2)CC1)C1CCCO1. The number of carbonyl (C=O) groups is 1. The number of carbonyl (C=O) groups excluding carboxylic acids is 1. The van der Waals surface area contributed by atoms with Crippen molar-refractivity contribution in [2.45, 2.75) is 25.1 Å². The molecule has 7 nitrogen and oxygen atoms in total.